The molecule has 8 heteroatoms. The van der Waals surface area contributed by atoms with Gasteiger partial charge in [0.25, 0.3) is 11.8 Å². The number of hydrogen-bond donors (Lipinski definition) is 4. The lowest BCUT2D eigenvalue weighted by Crippen LogP contribution is -2.40. The molecule has 35 heavy (non-hydrogen) atoms. The van der Waals surface area contributed by atoms with E-state index in [-0.39, 0.29) is 12.3 Å². The number of carbonyl (C=O) groups excluding carboxylic acids is 2. The normalized spacial score (nSPS) is 18.3. The first-order chi connectivity index (χ1) is 17.0. The first kappa shape index (κ1) is 23.3. The molecule has 5 rings (SSSR count). The molecule has 182 valence electrons. The number of rotatable bonds is 8. The van der Waals surface area contributed by atoms with Crippen molar-refractivity contribution in [1.29, 1.82) is 0 Å². The van der Waals surface area contributed by atoms with Crippen molar-refractivity contribution in [3.05, 3.63) is 72.1 Å². The molecule has 0 saturated carbocycles. The van der Waals surface area contributed by atoms with Crippen molar-refractivity contribution in [2.45, 2.75) is 25.5 Å². The average molecular weight is 475 g/mol. The van der Waals surface area contributed by atoms with E-state index in [1.807, 2.05) is 60.8 Å². The monoisotopic (exact) mass is 474 g/mol. The van der Waals surface area contributed by atoms with Crippen molar-refractivity contribution in [1.82, 2.24) is 14.8 Å². The molecule has 1 aromatic heterocycles. The predicted octanol–water partition coefficient (Wildman–Crippen LogP) is 2.19. The third-order valence-electron chi connectivity index (χ3n) is 6.87. The highest BCUT2D eigenvalue weighted by Crippen LogP contribution is 2.33. The number of piperidine rings is 1. The minimum Gasteiger partial charge on any atom is -0.394 e. The molecule has 1 unspecified atom stereocenters. The van der Waals surface area contributed by atoms with Crippen LogP contribution < -0.4 is 10.6 Å². The van der Waals surface area contributed by atoms with E-state index in [0.717, 1.165) is 54.6 Å². The molecule has 0 spiro atoms. The standard InChI is InChI=1S/C27H30N4O4/c32-17-20(33)15-30-12-10-18(11-13-30)14-31-16-22(21-8-4-5-9-23(21)31)24-25(27(35)29-26(24)34)28-19-6-2-1-3-7-19/h1-9,16,18,20,32-33H,10-15,17H2,(H2,28,29,34,35). The fraction of sp³-hybridized carbons (Fsp3) is 0.333. The number of imide groups is 1. The van der Waals surface area contributed by atoms with Gasteiger partial charge in [0.15, 0.2) is 0 Å². The Balaban J connectivity index is 1.43. The van der Waals surface area contributed by atoms with Crippen molar-refractivity contribution >= 4 is 34.0 Å². The second-order valence-electron chi connectivity index (χ2n) is 9.32. The number of para-hydroxylation sites is 2. The Morgan fingerprint density at radius 3 is 2.46 bits per heavy atom. The van der Waals surface area contributed by atoms with E-state index in [1.54, 1.807) is 0 Å². The van der Waals surface area contributed by atoms with Gasteiger partial charge in [-0.25, -0.2) is 0 Å². The fourth-order valence-corrected chi connectivity index (χ4v) is 5.08. The highest BCUT2D eigenvalue weighted by molar-refractivity contribution is 6.38. The highest BCUT2D eigenvalue weighted by Gasteiger charge is 2.33. The molecule has 0 radical (unpaired) electrons. The molecule has 2 aromatic carbocycles. The molecule has 4 N–H and O–H groups in total. The van der Waals surface area contributed by atoms with Gasteiger partial charge in [-0.1, -0.05) is 36.4 Å². The van der Waals surface area contributed by atoms with Crippen molar-refractivity contribution in [3.63, 3.8) is 0 Å². The summed E-state index contributed by atoms with van der Waals surface area (Å²) < 4.78 is 2.19. The molecule has 1 fully saturated rings. The SMILES string of the molecule is O=C1NC(=O)C(c2cn(CC3CCN(CC(O)CO)CC3)c3ccccc23)=C1Nc1ccccc1. The Bertz CT molecular complexity index is 1260. The number of nitrogens with zero attached hydrogens (tertiary/aromatic N) is 2. The van der Waals surface area contributed by atoms with E-state index < -0.39 is 17.9 Å². The van der Waals surface area contributed by atoms with Gasteiger partial charge in [-0.05, 0) is 50.0 Å². The van der Waals surface area contributed by atoms with Gasteiger partial charge in [0.05, 0.1) is 18.3 Å². The molecule has 1 atom stereocenters. The number of β-amino-alcohol motifs (C(OH)–C–C–N with tert-alkyl or cyclic N) is 1. The summed E-state index contributed by atoms with van der Waals surface area (Å²) in [6, 6.07) is 17.3. The number of carbonyl (C=O) groups is 2. The van der Waals surface area contributed by atoms with Gasteiger partial charge >= 0.3 is 0 Å². The molecular weight excluding hydrogens is 444 g/mol. The average Bonchev–Trinajstić information content (AvgIpc) is 3.36. The van der Waals surface area contributed by atoms with Gasteiger partial charge < -0.3 is 25.0 Å². The fourth-order valence-electron chi connectivity index (χ4n) is 5.08. The van der Waals surface area contributed by atoms with Gasteiger partial charge in [-0.15, -0.1) is 0 Å². The van der Waals surface area contributed by atoms with E-state index >= 15 is 0 Å². The van der Waals surface area contributed by atoms with Crippen LogP contribution in [-0.4, -0.2) is 63.8 Å². The molecule has 3 heterocycles. The third-order valence-corrected chi connectivity index (χ3v) is 6.87. The second-order valence-corrected chi connectivity index (χ2v) is 9.32. The van der Waals surface area contributed by atoms with E-state index in [9.17, 15) is 14.7 Å². The summed E-state index contributed by atoms with van der Waals surface area (Å²) in [5.41, 5.74) is 3.14. The number of aliphatic hydroxyl groups excluding tert-OH is 2. The largest absolute Gasteiger partial charge is 0.394 e. The van der Waals surface area contributed by atoms with Crippen LogP contribution in [0.15, 0.2) is 66.5 Å². The number of aliphatic hydroxyl groups is 2. The molecule has 2 amide bonds. The maximum Gasteiger partial charge on any atom is 0.275 e. The van der Waals surface area contributed by atoms with Crippen molar-refractivity contribution in [2.24, 2.45) is 5.92 Å². The first-order valence-electron chi connectivity index (χ1n) is 12.0. The second kappa shape index (κ2) is 10.0. The maximum absolute atomic E-state index is 12.9. The zero-order valence-corrected chi connectivity index (χ0v) is 19.5. The Hall–Kier alpha value is -3.46. The van der Waals surface area contributed by atoms with E-state index in [1.165, 1.54) is 0 Å². The summed E-state index contributed by atoms with van der Waals surface area (Å²) >= 11 is 0. The lowest BCUT2D eigenvalue weighted by molar-refractivity contribution is -0.123. The summed E-state index contributed by atoms with van der Waals surface area (Å²) in [5, 5.41) is 25.4. The molecule has 8 nitrogen and oxygen atoms in total. The predicted molar refractivity (Wildman–Crippen MR) is 134 cm³/mol. The molecule has 1 saturated heterocycles. The lowest BCUT2D eigenvalue weighted by atomic mass is 9.96. The van der Waals surface area contributed by atoms with Crippen LogP contribution in [0, 0.1) is 5.92 Å². The number of hydrogen-bond acceptors (Lipinski definition) is 6. The van der Waals surface area contributed by atoms with Gasteiger partial charge in [0.2, 0.25) is 0 Å². The van der Waals surface area contributed by atoms with Crippen molar-refractivity contribution in [2.75, 3.05) is 31.6 Å². The Morgan fingerprint density at radius 2 is 1.71 bits per heavy atom. The number of nitrogens with one attached hydrogen (secondary N) is 2. The number of benzene rings is 2. The van der Waals surface area contributed by atoms with Crippen LogP contribution >= 0.6 is 0 Å². The first-order valence-corrected chi connectivity index (χ1v) is 12.0. The molecule has 2 aliphatic heterocycles. The number of amides is 2. The minimum atomic E-state index is -0.699. The van der Waals surface area contributed by atoms with Crippen LogP contribution in [0.3, 0.4) is 0 Å². The summed E-state index contributed by atoms with van der Waals surface area (Å²) in [6.45, 7) is 2.84. The summed E-state index contributed by atoms with van der Waals surface area (Å²) in [7, 11) is 0. The highest BCUT2D eigenvalue weighted by atomic mass is 16.3. The van der Waals surface area contributed by atoms with Crippen LogP contribution in [0.4, 0.5) is 5.69 Å². The quantitative estimate of drug-likeness (QED) is 0.373. The van der Waals surface area contributed by atoms with Gasteiger partial charge in [-0.3, -0.25) is 14.9 Å². The Labute approximate surface area is 203 Å². The van der Waals surface area contributed by atoms with Crippen LogP contribution in [0.1, 0.15) is 18.4 Å². The molecule has 3 aromatic rings. The number of fused-ring (bicyclic) bond motifs is 1. The smallest absolute Gasteiger partial charge is 0.275 e. The summed E-state index contributed by atoms with van der Waals surface area (Å²) in [5.74, 6) is -0.369. The Kier molecular flexibility index (Phi) is 6.68. The van der Waals surface area contributed by atoms with Crippen molar-refractivity contribution < 1.29 is 19.8 Å². The van der Waals surface area contributed by atoms with Crippen LogP contribution in [0.5, 0.6) is 0 Å². The molecule has 0 bridgehead atoms. The summed E-state index contributed by atoms with van der Waals surface area (Å²) in [4.78, 5) is 27.8. The van der Waals surface area contributed by atoms with E-state index in [0.29, 0.717) is 18.0 Å². The summed E-state index contributed by atoms with van der Waals surface area (Å²) in [6.07, 6.45) is 3.27. The number of aromatic nitrogens is 1. The minimum absolute atomic E-state index is 0.217. The van der Waals surface area contributed by atoms with E-state index in [2.05, 4.69) is 20.1 Å². The van der Waals surface area contributed by atoms with Gasteiger partial charge in [0, 0.05) is 41.4 Å². The lowest BCUT2D eigenvalue weighted by Gasteiger charge is -2.33. The zero-order chi connectivity index (χ0) is 24.4. The maximum atomic E-state index is 12.9. The zero-order valence-electron chi connectivity index (χ0n) is 19.5. The van der Waals surface area contributed by atoms with Crippen molar-refractivity contribution in [3.8, 4) is 0 Å². The molecular formula is C27H30N4O4. The number of likely N-dealkylation sites (tertiary alicyclic amines) is 1. The van der Waals surface area contributed by atoms with E-state index in [4.69, 9.17) is 5.11 Å². The number of anilines is 1. The molecule has 2 aliphatic rings. The third kappa shape index (κ3) is 4.86. The topological polar surface area (TPSA) is 107 Å². The molecule has 0 aliphatic carbocycles. The van der Waals surface area contributed by atoms with Crippen LogP contribution in [0.25, 0.3) is 16.5 Å². The van der Waals surface area contributed by atoms with Crippen LogP contribution in [-0.2, 0) is 16.1 Å². The Morgan fingerprint density at radius 1 is 1.00 bits per heavy atom. The van der Waals surface area contributed by atoms with Gasteiger partial charge in [0.1, 0.15) is 5.70 Å². The van der Waals surface area contributed by atoms with Gasteiger partial charge in [-0.2, -0.15) is 0 Å². The van der Waals surface area contributed by atoms with Crippen LogP contribution in [0.2, 0.25) is 0 Å².